The summed E-state index contributed by atoms with van der Waals surface area (Å²) < 4.78 is 9.97. The molecular weight excluding hydrogens is 262 g/mol. The van der Waals surface area contributed by atoms with Crippen LogP contribution in [0.4, 0.5) is 0 Å². The van der Waals surface area contributed by atoms with E-state index in [-0.39, 0.29) is 18.3 Å². The summed E-state index contributed by atoms with van der Waals surface area (Å²) in [6.07, 6.45) is 6.04. The first-order valence-corrected chi connectivity index (χ1v) is 5.73. The second kappa shape index (κ2) is 5.31. The Morgan fingerprint density at radius 1 is 1.35 bits per heavy atom. The van der Waals surface area contributed by atoms with Crippen molar-refractivity contribution < 1.29 is 13.7 Å². The highest BCUT2D eigenvalue weighted by atomic mass is 16.5. The van der Waals surface area contributed by atoms with Gasteiger partial charge in [0.2, 0.25) is 5.82 Å². The molecule has 0 bridgehead atoms. The van der Waals surface area contributed by atoms with Crippen LogP contribution in [0.5, 0.6) is 0 Å². The third-order valence-electron chi connectivity index (χ3n) is 2.42. The van der Waals surface area contributed by atoms with Crippen LogP contribution in [-0.4, -0.2) is 26.0 Å². The lowest BCUT2D eigenvalue weighted by atomic mass is 10.4. The summed E-state index contributed by atoms with van der Waals surface area (Å²) in [5.41, 5.74) is 0.432. The van der Waals surface area contributed by atoms with Crippen LogP contribution < -0.4 is 5.32 Å². The van der Waals surface area contributed by atoms with Gasteiger partial charge in [0.15, 0.2) is 0 Å². The summed E-state index contributed by atoms with van der Waals surface area (Å²) in [7, 11) is 0. The van der Waals surface area contributed by atoms with Crippen molar-refractivity contribution in [3.8, 4) is 11.5 Å². The molecule has 0 aliphatic heterocycles. The summed E-state index contributed by atoms with van der Waals surface area (Å²) >= 11 is 0. The van der Waals surface area contributed by atoms with Gasteiger partial charge in [-0.3, -0.25) is 9.78 Å². The van der Waals surface area contributed by atoms with Crippen LogP contribution in [0.15, 0.2) is 45.9 Å². The molecule has 1 N–H and O–H groups in total. The Labute approximate surface area is 112 Å². The van der Waals surface area contributed by atoms with Gasteiger partial charge in [0, 0.05) is 12.4 Å². The molecule has 3 aromatic heterocycles. The van der Waals surface area contributed by atoms with E-state index in [1.165, 1.54) is 24.9 Å². The van der Waals surface area contributed by atoms with Gasteiger partial charge in [0.1, 0.15) is 11.5 Å². The molecule has 0 radical (unpaired) electrons. The van der Waals surface area contributed by atoms with Crippen molar-refractivity contribution in [2.75, 3.05) is 0 Å². The molecule has 0 atom stereocenters. The predicted molar refractivity (Wildman–Crippen MR) is 65.2 cm³/mol. The van der Waals surface area contributed by atoms with Crippen molar-refractivity contribution >= 4 is 5.91 Å². The van der Waals surface area contributed by atoms with Crippen LogP contribution in [0.3, 0.4) is 0 Å². The molecule has 8 nitrogen and oxygen atoms in total. The van der Waals surface area contributed by atoms with Crippen LogP contribution in [-0.2, 0) is 6.54 Å². The van der Waals surface area contributed by atoms with Gasteiger partial charge in [0.25, 0.3) is 0 Å². The van der Waals surface area contributed by atoms with Crippen molar-refractivity contribution in [1.29, 1.82) is 0 Å². The fraction of sp³-hybridized carbons (Fsp3) is 0.0833. The van der Waals surface area contributed by atoms with E-state index in [0.29, 0.717) is 11.5 Å². The maximum absolute atomic E-state index is 11.8. The van der Waals surface area contributed by atoms with Crippen molar-refractivity contribution in [1.82, 2.24) is 25.4 Å². The number of carbonyl (C=O) groups excluding carboxylic acids is 1. The van der Waals surface area contributed by atoms with Crippen LogP contribution in [0.25, 0.3) is 11.5 Å². The van der Waals surface area contributed by atoms with Gasteiger partial charge in [-0.05, 0) is 12.1 Å². The molecular formula is C12H9N5O3. The van der Waals surface area contributed by atoms with Gasteiger partial charge in [-0.15, -0.1) is 0 Å². The van der Waals surface area contributed by atoms with Crippen molar-refractivity contribution in [2.45, 2.75) is 6.54 Å². The Bertz CT molecular complexity index is 693. The van der Waals surface area contributed by atoms with Crippen LogP contribution in [0, 0.1) is 0 Å². The largest absolute Gasteiger partial charge is 0.467 e. The molecule has 0 spiro atoms. The van der Waals surface area contributed by atoms with E-state index in [9.17, 15) is 4.79 Å². The smallest absolute Gasteiger partial charge is 0.316 e. The Balaban J connectivity index is 1.69. The zero-order valence-corrected chi connectivity index (χ0v) is 10.2. The van der Waals surface area contributed by atoms with Gasteiger partial charge in [-0.2, -0.15) is 4.98 Å². The zero-order chi connectivity index (χ0) is 13.8. The number of hydrogen-bond acceptors (Lipinski definition) is 7. The summed E-state index contributed by atoms with van der Waals surface area (Å²) in [6, 6.07) is 3.49. The highest BCUT2D eigenvalue weighted by molar-refractivity contribution is 5.89. The monoisotopic (exact) mass is 271 g/mol. The Morgan fingerprint density at radius 3 is 3.05 bits per heavy atom. The fourth-order valence-corrected chi connectivity index (χ4v) is 1.49. The maximum atomic E-state index is 11.8. The molecule has 3 aromatic rings. The minimum Gasteiger partial charge on any atom is -0.467 e. The summed E-state index contributed by atoms with van der Waals surface area (Å²) in [6.45, 7) is 0.245. The first-order valence-electron chi connectivity index (χ1n) is 5.73. The quantitative estimate of drug-likeness (QED) is 0.755. The number of carbonyl (C=O) groups is 1. The third-order valence-corrected chi connectivity index (χ3v) is 2.42. The van der Waals surface area contributed by atoms with Crippen molar-refractivity contribution in [2.24, 2.45) is 0 Å². The lowest BCUT2D eigenvalue weighted by molar-refractivity contribution is 0.0904. The molecule has 0 aliphatic rings. The second-order valence-electron chi connectivity index (χ2n) is 3.78. The summed E-state index contributed by atoms with van der Waals surface area (Å²) in [4.78, 5) is 23.7. The lowest BCUT2D eigenvalue weighted by Crippen LogP contribution is -2.22. The molecule has 8 heteroatoms. The topological polar surface area (TPSA) is 107 Å². The number of furan rings is 1. The van der Waals surface area contributed by atoms with E-state index >= 15 is 0 Å². The molecule has 1 amide bonds. The van der Waals surface area contributed by atoms with Crippen LogP contribution in [0.2, 0.25) is 0 Å². The summed E-state index contributed by atoms with van der Waals surface area (Å²) in [5, 5.41) is 6.28. The average Bonchev–Trinajstić information content (AvgIpc) is 3.17. The SMILES string of the molecule is O=C(NCc1ccco1)c1nc(-c2cnccn2)no1. The van der Waals surface area contributed by atoms with Gasteiger partial charge in [-0.1, -0.05) is 5.16 Å². The molecule has 0 aromatic carbocycles. The van der Waals surface area contributed by atoms with Gasteiger partial charge >= 0.3 is 11.8 Å². The van der Waals surface area contributed by atoms with Gasteiger partial charge in [-0.25, -0.2) is 4.98 Å². The Morgan fingerprint density at radius 2 is 2.30 bits per heavy atom. The molecule has 0 saturated carbocycles. The molecule has 0 fully saturated rings. The fourth-order valence-electron chi connectivity index (χ4n) is 1.49. The van der Waals surface area contributed by atoms with Crippen LogP contribution >= 0.6 is 0 Å². The van der Waals surface area contributed by atoms with Crippen molar-refractivity contribution in [3.63, 3.8) is 0 Å². The van der Waals surface area contributed by atoms with E-state index < -0.39 is 5.91 Å². The van der Waals surface area contributed by atoms with Gasteiger partial charge < -0.3 is 14.3 Å². The Hall–Kier alpha value is -3.03. The molecule has 20 heavy (non-hydrogen) atoms. The third kappa shape index (κ3) is 2.53. The molecule has 100 valence electrons. The number of nitrogens with zero attached hydrogens (tertiary/aromatic N) is 4. The minimum atomic E-state index is -0.482. The first kappa shape index (κ1) is 12.0. The average molecular weight is 271 g/mol. The number of hydrogen-bond donors (Lipinski definition) is 1. The van der Waals surface area contributed by atoms with E-state index in [0.717, 1.165) is 0 Å². The highest BCUT2D eigenvalue weighted by Crippen LogP contribution is 2.10. The normalized spacial score (nSPS) is 10.4. The van der Waals surface area contributed by atoms with E-state index in [1.54, 1.807) is 12.1 Å². The Kier molecular flexibility index (Phi) is 3.19. The molecule has 0 saturated heterocycles. The first-order chi connectivity index (χ1) is 9.83. The molecule has 0 aliphatic carbocycles. The second-order valence-corrected chi connectivity index (χ2v) is 3.78. The molecule has 3 heterocycles. The minimum absolute atomic E-state index is 0.141. The molecule has 3 rings (SSSR count). The number of amides is 1. The predicted octanol–water partition coefficient (Wildman–Crippen LogP) is 1.05. The standard InChI is InChI=1S/C12H9N5O3/c18-11(15-6-8-2-1-5-19-8)12-16-10(17-20-12)9-7-13-3-4-14-9/h1-5,7H,6H2,(H,15,18). The number of nitrogens with one attached hydrogen (secondary N) is 1. The summed E-state index contributed by atoms with van der Waals surface area (Å²) in [5.74, 6) is 0.217. The van der Waals surface area contributed by atoms with Crippen molar-refractivity contribution in [3.05, 3.63) is 48.6 Å². The maximum Gasteiger partial charge on any atom is 0.316 e. The lowest BCUT2D eigenvalue weighted by Gasteiger charge is -1.97. The highest BCUT2D eigenvalue weighted by Gasteiger charge is 2.16. The van der Waals surface area contributed by atoms with E-state index in [4.69, 9.17) is 8.94 Å². The zero-order valence-electron chi connectivity index (χ0n) is 10.2. The molecule has 0 unspecified atom stereocenters. The van der Waals surface area contributed by atoms with E-state index in [1.807, 2.05) is 0 Å². The number of aromatic nitrogens is 4. The van der Waals surface area contributed by atoms with Gasteiger partial charge in [0.05, 0.1) is 19.0 Å². The number of rotatable bonds is 4. The van der Waals surface area contributed by atoms with Crippen LogP contribution in [0.1, 0.15) is 16.4 Å². The van der Waals surface area contributed by atoms with E-state index in [2.05, 4.69) is 25.4 Å².